The Kier molecular flexibility index (Phi) is 1.58. The van der Waals surface area contributed by atoms with E-state index >= 15 is 0 Å². The van der Waals surface area contributed by atoms with Crippen molar-refractivity contribution in [3.63, 3.8) is 0 Å². The minimum atomic E-state index is 0.375. The first kappa shape index (κ1) is 7.94. The number of rotatable bonds is 1. The minimum absolute atomic E-state index is 0.375. The standard InChI is InChI=1S/C10H9N3S/c11-10-12-9(13-14-10)8-5-6-3-1-2-4-7(6)8/h1-4,8H,5H2,(H2,11,12,13). The monoisotopic (exact) mass is 203 g/mol. The number of aromatic nitrogens is 2. The molecule has 0 radical (unpaired) electrons. The van der Waals surface area contributed by atoms with E-state index in [1.54, 1.807) is 0 Å². The molecular weight excluding hydrogens is 194 g/mol. The SMILES string of the molecule is Nc1nc(C2Cc3ccccc32)ns1. The molecule has 0 aliphatic heterocycles. The lowest BCUT2D eigenvalue weighted by atomic mass is 9.77. The molecule has 3 nitrogen and oxygen atoms in total. The molecule has 0 amide bonds. The average molecular weight is 203 g/mol. The highest BCUT2D eigenvalue weighted by atomic mass is 32.1. The number of fused-ring (bicyclic) bond motifs is 1. The molecule has 0 bridgehead atoms. The molecule has 1 aromatic carbocycles. The lowest BCUT2D eigenvalue weighted by Crippen LogP contribution is -2.19. The summed E-state index contributed by atoms with van der Waals surface area (Å²) >= 11 is 1.27. The van der Waals surface area contributed by atoms with Crippen molar-refractivity contribution in [2.24, 2.45) is 0 Å². The molecule has 3 rings (SSSR count). The van der Waals surface area contributed by atoms with Crippen molar-refractivity contribution in [2.45, 2.75) is 12.3 Å². The van der Waals surface area contributed by atoms with Gasteiger partial charge < -0.3 is 5.73 Å². The van der Waals surface area contributed by atoms with E-state index in [0.717, 1.165) is 12.2 Å². The van der Waals surface area contributed by atoms with Gasteiger partial charge in [-0.3, -0.25) is 0 Å². The number of nitrogens with zero attached hydrogens (tertiary/aromatic N) is 2. The van der Waals surface area contributed by atoms with E-state index < -0.39 is 0 Å². The minimum Gasteiger partial charge on any atom is -0.374 e. The zero-order valence-electron chi connectivity index (χ0n) is 7.47. The maximum absolute atomic E-state index is 5.56. The fourth-order valence-electron chi connectivity index (χ4n) is 1.88. The summed E-state index contributed by atoms with van der Waals surface area (Å²) < 4.78 is 4.24. The van der Waals surface area contributed by atoms with Gasteiger partial charge in [-0.2, -0.15) is 4.37 Å². The average Bonchev–Trinajstić information content (AvgIpc) is 2.54. The van der Waals surface area contributed by atoms with Crippen molar-refractivity contribution < 1.29 is 0 Å². The van der Waals surface area contributed by atoms with Crippen LogP contribution in [0.25, 0.3) is 0 Å². The summed E-state index contributed by atoms with van der Waals surface area (Å²) in [4.78, 5) is 4.22. The van der Waals surface area contributed by atoms with E-state index in [0.29, 0.717) is 11.0 Å². The van der Waals surface area contributed by atoms with E-state index in [2.05, 4.69) is 33.6 Å². The molecule has 0 saturated heterocycles. The molecule has 1 atom stereocenters. The van der Waals surface area contributed by atoms with Gasteiger partial charge in [0.2, 0.25) is 0 Å². The van der Waals surface area contributed by atoms with Gasteiger partial charge >= 0.3 is 0 Å². The van der Waals surface area contributed by atoms with Crippen molar-refractivity contribution in [1.82, 2.24) is 9.36 Å². The van der Waals surface area contributed by atoms with Crippen LogP contribution in [0.1, 0.15) is 22.9 Å². The Balaban J connectivity index is 1.99. The summed E-state index contributed by atoms with van der Waals surface area (Å²) in [5.41, 5.74) is 8.32. The van der Waals surface area contributed by atoms with Crippen molar-refractivity contribution in [1.29, 1.82) is 0 Å². The zero-order valence-corrected chi connectivity index (χ0v) is 8.29. The fraction of sp³-hybridized carbons (Fsp3) is 0.200. The summed E-state index contributed by atoms with van der Waals surface area (Å²) in [7, 11) is 0. The maximum Gasteiger partial charge on any atom is 0.199 e. The van der Waals surface area contributed by atoms with E-state index in [4.69, 9.17) is 5.73 Å². The van der Waals surface area contributed by atoms with Crippen LogP contribution in [0, 0.1) is 0 Å². The second kappa shape index (κ2) is 2.78. The predicted molar refractivity (Wildman–Crippen MR) is 56.3 cm³/mol. The summed E-state index contributed by atoms with van der Waals surface area (Å²) in [5, 5.41) is 0.560. The van der Waals surface area contributed by atoms with Crippen molar-refractivity contribution in [3.05, 3.63) is 41.2 Å². The third-order valence-electron chi connectivity index (χ3n) is 2.62. The van der Waals surface area contributed by atoms with Crippen LogP contribution in [0.2, 0.25) is 0 Å². The molecule has 14 heavy (non-hydrogen) atoms. The molecule has 0 spiro atoms. The van der Waals surface area contributed by atoms with Crippen LogP contribution in [0.3, 0.4) is 0 Å². The Hall–Kier alpha value is -1.42. The fourth-order valence-corrected chi connectivity index (χ4v) is 2.37. The quantitative estimate of drug-likeness (QED) is 0.769. The first-order chi connectivity index (χ1) is 6.84. The van der Waals surface area contributed by atoms with Crippen LogP contribution in [0.5, 0.6) is 0 Å². The Morgan fingerprint density at radius 2 is 2.21 bits per heavy atom. The van der Waals surface area contributed by atoms with Crippen LogP contribution in [0.4, 0.5) is 5.13 Å². The van der Waals surface area contributed by atoms with Gasteiger partial charge in [-0.05, 0) is 17.5 Å². The van der Waals surface area contributed by atoms with E-state index in [1.165, 1.54) is 22.7 Å². The second-order valence-corrected chi connectivity index (χ2v) is 4.23. The van der Waals surface area contributed by atoms with Crippen molar-refractivity contribution in [2.75, 3.05) is 5.73 Å². The number of anilines is 1. The number of nitrogens with two attached hydrogens (primary N) is 1. The molecule has 4 heteroatoms. The highest BCUT2D eigenvalue weighted by Gasteiger charge is 2.29. The van der Waals surface area contributed by atoms with Gasteiger partial charge in [-0.1, -0.05) is 24.3 Å². The third-order valence-corrected chi connectivity index (χ3v) is 3.18. The zero-order chi connectivity index (χ0) is 9.54. The second-order valence-electron chi connectivity index (χ2n) is 3.45. The lowest BCUT2D eigenvalue weighted by molar-refractivity contribution is 0.672. The Morgan fingerprint density at radius 3 is 2.93 bits per heavy atom. The van der Waals surface area contributed by atoms with Crippen LogP contribution in [-0.4, -0.2) is 9.36 Å². The molecule has 1 unspecified atom stereocenters. The Bertz CT molecular complexity index is 478. The van der Waals surface area contributed by atoms with Gasteiger partial charge in [0.25, 0.3) is 0 Å². The first-order valence-electron chi connectivity index (χ1n) is 4.51. The van der Waals surface area contributed by atoms with Crippen molar-refractivity contribution in [3.8, 4) is 0 Å². The summed E-state index contributed by atoms with van der Waals surface area (Å²) in [6, 6.07) is 8.42. The van der Waals surface area contributed by atoms with Crippen LogP contribution in [0.15, 0.2) is 24.3 Å². The molecule has 1 aromatic heterocycles. The van der Waals surface area contributed by atoms with Gasteiger partial charge in [-0.15, -0.1) is 0 Å². The molecule has 2 aromatic rings. The molecule has 1 aliphatic rings. The number of hydrogen-bond donors (Lipinski definition) is 1. The summed E-state index contributed by atoms with van der Waals surface area (Å²) in [5.74, 6) is 1.26. The lowest BCUT2D eigenvalue weighted by Gasteiger charge is -2.27. The van der Waals surface area contributed by atoms with E-state index in [1.807, 2.05) is 0 Å². The number of hydrogen-bond acceptors (Lipinski definition) is 4. The topological polar surface area (TPSA) is 51.8 Å². The highest BCUT2D eigenvalue weighted by molar-refractivity contribution is 7.09. The summed E-state index contributed by atoms with van der Waals surface area (Å²) in [6.45, 7) is 0. The normalized spacial score (nSPS) is 18.7. The van der Waals surface area contributed by atoms with Gasteiger partial charge in [0.05, 0.1) is 0 Å². The van der Waals surface area contributed by atoms with Crippen LogP contribution < -0.4 is 5.73 Å². The molecule has 1 aliphatic carbocycles. The van der Waals surface area contributed by atoms with Gasteiger partial charge in [0.15, 0.2) is 11.0 Å². The van der Waals surface area contributed by atoms with Gasteiger partial charge in [-0.25, -0.2) is 4.98 Å². The largest absolute Gasteiger partial charge is 0.374 e. The number of nitrogen functional groups attached to an aromatic ring is 1. The molecule has 70 valence electrons. The van der Waals surface area contributed by atoms with Gasteiger partial charge in [0.1, 0.15) is 0 Å². The van der Waals surface area contributed by atoms with Crippen molar-refractivity contribution >= 4 is 16.7 Å². The molecule has 2 N–H and O–H groups in total. The molecule has 0 fully saturated rings. The Labute approximate surface area is 85.8 Å². The smallest absolute Gasteiger partial charge is 0.199 e. The van der Waals surface area contributed by atoms with Gasteiger partial charge in [0, 0.05) is 17.5 Å². The molecule has 1 heterocycles. The third kappa shape index (κ3) is 1.04. The molecule has 0 saturated carbocycles. The van der Waals surface area contributed by atoms with Crippen LogP contribution in [-0.2, 0) is 6.42 Å². The van der Waals surface area contributed by atoms with Crippen LogP contribution >= 0.6 is 11.5 Å². The number of benzene rings is 1. The maximum atomic E-state index is 5.56. The van der Waals surface area contributed by atoms with E-state index in [-0.39, 0.29) is 0 Å². The first-order valence-corrected chi connectivity index (χ1v) is 5.29. The van der Waals surface area contributed by atoms with E-state index in [9.17, 15) is 0 Å². The highest BCUT2D eigenvalue weighted by Crippen LogP contribution is 2.38. The Morgan fingerprint density at radius 1 is 1.36 bits per heavy atom. The predicted octanol–water partition coefficient (Wildman–Crippen LogP) is 1.81. The summed E-state index contributed by atoms with van der Waals surface area (Å²) in [6.07, 6.45) is 1.05. The molecular formula is C10H9N3S.